The number of hydrogen-bond donors (Lipinski definition) is 0. The van der Waals surface area contributed by atoms with Crippen LogP contribution in [-0.4, -0.2) is 40.5 Å². The number of likely N-dealkylation sites (N-methyl/N-ethyl adjacent to an activating group) is 1. The van der Waals surface area contributed by atoms with Crippen molar-refractivity contribution < 1.29 is 27.5 Å². The van der Waals surface area contributed by atoms with Crippen molar-refractivity contribution in [1.29, 1.82) is 0 Å². The minimum Gasteiger partial charge on any atom is -0.464 e. The van der Waals surface area contributed by atoms with Crippen molar-refractivity contribution in [3.8, 4) is 11.1 Å². The molecule has 180 valence electrons. The summed E-state index contributed by atoms with van der Waals surface area (Å²) >= 11 is 5.99. The SMILES string of the molecule is CCOC(=O)C1(N(C)C(=O)c2c(-c3ccc(Cl)cc3)c(C)c(C(F)(F)F)n2CC(C)C)CC1. The fourth-order valence-electron chi connectivity index (χ4n) is 4.26. The third-order valence-electron chi connectivity index (χ3n) is 5.98. The van der Waals surface area contributed by atoms with E-state index in [0.717, 1.165) is 4.57 Å². The van der Waals surface area contributed by atoms with Crippen LogP contribution in [0, 0.1) is 12.8 Å². The Morgan fingerprint density at radius 3 is 2.24 bits per heavy atom. The summed E-state index contributed by atoms with van der Waals surface area (Å²) < 4.78 is 48.9. The molecule has 1 fully saturated rings. The maximum Gasteiger partial charge on any atom is 0.431 e. The number of rotatable bonds is 7. The third kappa shape index (κ3) is 4.63. The Hall–Kier alpha value is -2.48. The van der Waals surface area contributed by atoms with Gasteiger partial charge in [0, 0.05) is 24.2 Å². The van der Waals surface area contributed by atoms with E-state index in [4.69, 9.17) is 16.3 Å². The fourth-order valence-corrected chi connectivity index (χ4v) is 4.39. The maximum absolute atomic E-state index is 14.2. The summed E-state index contributed by atoms with van der Waals surface area (Å²) in [5, 5.41) is 0.429. The van der Waals surface area contributed by atoms with Gasteiger partial charge < -0.3 is 14.2 Å². The van der Waals surface area contributed by atoms with Gasteiger partial charge in [0.25, 0.3) is 5.91 Å². The van der Waals surface area contributed by atoms with Crippen molar-refractivity contribution in [2.45, 2.75) is 58.8 Å². The van der Waals surface area contributed by atoms with Crippen LogP contribution in [0.3, 0.4) is 0 Å². The summed E-state index contributed by atoms with van der Waals surface area (Å²) in [5.41, 5.74) is -1.50. The van der Waals surface area contributed by atoms with E-state index in [9.17, 15) is 22.8 Å². The number of hydrogen-bond acceptors (Lipinski definition) is 3. The number of aromatic nitrogens is 1. The van der Waals surface area contributed by atoms with Gasteiger partial charge in [-0.1, -0.05) is 37.6 Å². The number of carbonyl (C=O) groups is 2. The van der Waals surface area contributed by atoms with Gasteiger partial charge in [0.05, 0.1) is 6.61 Å². The molecule has 0 bridgehead atoms. The molecule has 0 unspecified atom stereocenters. The Labute approximate surface area is 196 Å². The van der Waals surface area contributed by atoms with Gasteiger partial charge >= 0.3 is 12.1 Å². The molecule has 0 N–H and O–H groups in total. The Morgan fingerprint density at radius 1 is 1.21 bits per heavy atom. The summed E-state index contributed by atoms with van der Waals surface area (Å²) in [7, 11) is 1.45. The molecule has 1 aliphatic carbocycles. The number of amides is 1. The van der Waals surface area contributed by atoms with Crippen molar-refractivity contribution in [2.75, 3.05) is 13.7 Å². The first kappa shape index (κ1) is 25.1. The van der Waals surface area contributed by atoms with Crippen LogP contribution in [0.4, 0.5) is 13.2 Å². The largest absolute Gasteiger partial charge is 0.464 e. The fraction of sp³-hybridized carbons (Fsp3) is 0.500. The molecule has 33 heavy (non-hydrogen) atoms. The van der Waals surface area contributed by atoms with E-state index < -0.39 is 29.3 Å². The summed E-state index contributed by atoms with van der Waals surface area (Å²) in [5.74, 6) is -1.35. The van der Waals surface area contributed by atoms with E-state index in [1.54, 1.807) is 45.0 Å². The van der Waals surface area contributed by atoms with Crippen LogP contribution in [0.15, 0.2) is 24.3 Å². The predicted octanol–water partition coefficient (Wildman–Crippen LogP) is 5.96. The minimum absolute atomic E-state index is 0.00933. The van der Waals surface area contributed by atoms with E-state index >= 15 is 0 Å². The summed E-state index contributed by atoms with van der Waals surface area (Å²) in [6.07, 6.45) is -3.86. The molecule has 9 heteroatoms. The molecule has 3 rings (SSSR count). The Kier molecular flexibility index (Phi) is 6.89. The summed E-state index contributed by atoms with van der Waals surface area (Å²) in [4.78, 5) is 27.6. The Bertz CT molecular complexity index is 1050. The number of carbonyl (C=O) groups excluding carboxylic acids is 2. The second kappa shape index (κ2) is 9.05. The third-order valence-corrected chi connectivity index (χ3v) is 6.24. The molecule has 1 amide bonds. The molecule has 1 aromatic heterocycles. The van der Waals surface area contributed by atoms with Gasteiger partial charge in [0.1, 0.15) is 16.9 Å². The molecule has 0 radical (unpaired) electrons. The normalized spacial score (nSPS) is 15.0. The standard InChI is InChI=1S/C24H28ClF3N2O3/c1-6-33-22(32)23(11-12-23)29(5)21(31)19-18(16-7-9-17(25)10-8-16)15(4)20(24(26,27)28)30(19)13-14(2)3/h7-10,14H,6,11-13H2,1-5H3. The molecule has 1 heterocycles. The lowest BCUT2D eigenvalue weighted by Gasteiger charge is -2.28. The van der Waals surface area contributed by atoms with Crippen LogP contribution < -0.4 is 0 Å². The molecular formula is C24H28ClF3N2O3. The number of nitrogens with zero attached hydrogens (tertiary/aromatic N) is 2. The van der Waals surface area contributed by atoms with Gasteiger partial charge in [-0.25, -0.2) is 4.79 Å². The molecule has 0 saturated heterocycles. The molecule has 0 aliphatic heterocycles. The number of esters is 1. The van der Waals surface area contributed by atoms with Gasteiger partial charge in [0.2, 0.25) is 0 Å². The summed E-state index contributed by atoms with van der Waals surface area (Å²) in [6.45, 7) is 6.76. The van der Waals surface area contributed by atoms with Gasteiger partial charge in [0.15, 0.2) is 0 Å². The highest BCUT2D eigenvalue weighted by Gasteiger charge is 2.57. The molecule has 0 atom stereocenters. The highest BCUT2D eigenvalue weighted by Crippen LogP contribution is 2.46. The summed E-state index contributed by atoms with van der Waals surface area (Å²) in [6, 6.07) is 6.34. The van der Waals surface area contributed by atoms with Crippen molar-refractivity contribution in [3.05, 3.63) is 46.2 Å². The Balaban J connectivity index is 2.26. The van der Waals surface area contributed by atoms with Crippen LogP contribution >= 0.6 is 11.6 Å². The smallest absolute Gasteiger partial charge is 0.431 e. The van der Waals surface area contributed by atoms with Crippen LogP contribution in [0.25, 0.3) is 11.1 Å². The zero-order valence-electron chi connectivity index (χ0n) is 19.3. The number of halogens is 4. The molecule has 0 spiro atoms. The molecule has 1 aliphatic rings. The molecule has 1 saturated carbocycles. The first-order valence-corrected chi connectivity index (χ1v) is 11.2. The van der Waals surface area contributed by atoms with E-state index in [2.05, 4.69) is 0 Å². The van der Waals surface area contributed by atoms with Gasteiger partial charge in [-0.15, -0.1) is 0 Å². The molecule has 1 aromatic carbocycles. The maximum atomic E-state index is 14.2. The lowest BCUT2D eigenvalue weighted by atomic mass is 10.00. The topological polar surface area (TPSA) is 51.5 Å². The lowest BCUT2D eigenvalue weighted by Crippen LogP contribution is -2.46. The molecule has 2 aromatic rings. The number of benzene rings is 1. The average molecular weight is 485 g/mol. The average Bonchev–Trinajstić information content (AvgIpc) is 3.47. The van der Waals surface area contributed by atoms with Gasteiger partial charge in [-0.3, -0.25) is 4.79 Å². The van der Waals surface area contributed by atoms with E-state index in [1.807, 2.05) is 0 Å². The molecule has 5 nitrogen and oxygen atoms in total. The van der Waals surface area contributed by atoms with E-state index in [-0.39, 0.29) is 35.9 Å². The highest BCUT2D eigenvalue weighted by molar-refractivity contribution is 6.30. The van der Waals surface area contributed by atoms with Crippen LogP contribution in [0.5, 0.6) is 0 Å². The zero-order valence-corrected chi connectivity index (χ0v) is 20.1. The quantitative estimate of drug-likeness (QED) is 0.456. The van der Waals surface area contributed by atoms with Crippen LogP contribution in [0.2, 0.25) is 5.02 Å². The first-order valence-electron chi connectivity index (χ1n) is 10.9. The van der Waals surface area contributed by atoms with Crippen LogP contribution in [-0.2, 0) is 22.3 Å². The van der Waals surface area contributed by atoms with Crippen LogP contribution in [0.1, 0.15) is 55.4 Å². The second-order valence-electron chi connectivity index (χ2n) is 8.82. The Morgan fingerprint density at radius 2 is 1.79 bits per heavy atom. The van der Waals surface area contributed by atoms with Crippen molar-refractivity contribution >= 4 is 23.5 Å². The van der Waals surface area contributed by atoms with Crippen molar-refractivity contribution in [1.82, 2.24) is 9.47 Å². The monoisotopic (exact) mass is 484 g/mol. The van der Waals surface area contributed by atoms with Crippen molar-refractivity contribution in [3.63, 3.8) is 0 Å². The lowest BCUT2D eigenvalue weighted by molar-refractivity contribution is -0.150. The van der Waals surface area contributed by atoms with E-state index in [1.165, 1.54) is 18.9 Å². The van der Waals surface area contributed by atoms with Crippen molar-refractivity contribution in [2.24, 2.45) is 5.92 Å². The molecular weight excluding hydrogens is 457 g/mol. The number of ether oxygens (including phenoxy) is 1. The highest BCUT2D eigenvalue weighted by atomic mass is 35.5. The number of alkyl halides is 3. The minimum atomic E-state index is -4.67. The van der Waals surface area contributed by atoms with Gasteiger partial charge in [-0.2, -0.15) is 13.2 Å². The zero-order chi connectivity index (χ0) is 24.7. The van der Waals surface area contributed by atoms with E-state index in [0.29, 0.717) is 23.4 Å². The van der Waals surface area contributed by atoms with Gasteiger partial charge in [-0.05, 0) is 55.9 Å². The second-order valence-corrected chi connectivity index (χ2v) is 9.26. The first-order chi connectivity index (χ1) is 15.3. The predicted molar refractivity (Wildman–Crippen MR) is 120 cm³/mol.